The number of benzene rings is 3. The number of carbonyl (C=O) groups excluding carboxylic acids is 2. The van der Waals surface area contributed by atoms with Gasteiger partial charge in [-0.1, -0.05) is 86.1 Å². The summed E-state index contributed by atoms with van der Waals surface area (Å²) in [5, 5.41) is 11.4. The Labute approximate surface area is 219 Å². The van der Waals surface area contributed by atoms with E-state index >= 15 is 0 Å². The van der Waals surface area contributed by atoms with Gasteiger partial charge in [-0.2, -0.15) is 0 Å². The Morgan fingerprint density at radius 2 is 1.54 bits per heavy atom. The van der Waals surface area contributed by atoms with Crippen molar-refractivity contribution in [2.24, 2.45) is 0 Å². The zero-order chi connectivity index (χ0) is 26.3. The van der Waals surface area contributed by atoms with Gasteiger partial charge in [-0.3, -0.25) is 4.79 Å². The van der Waals surface area contributed by atoms with Crippen LogP contribution in [0.25, 0.3) is 0 Å². The van der Waals surface area contributed by atoms with Crippen LogP contribution in [-0.4, -0.2) is 41.4 Å². The summed E-state index contributed by atoms with van der Waals surface area (Å²) in [6.07, 6.45) is 2.32. The fraction of sp³-hybridized carbons (Fsp3) is 0.333. The molecule has 7 nitrogen and oxygen atoms in total. The van der Waals surface area contributed by atoms with Crippen molar-refractivity contribution in [2.75, 3.05) is 13.2 Å². The predicted octanol–water partition coefficient (Wildman–Crippen LogP) is 5.07. The summed E-state index contributed by atoms with van der Waals surface area (Å²) >= 11 is 0. The molecule has 7 heteroatoms. The monoisotopic (exact) mass is 504 g/mol. The van der Waals surface area contributed by atoms with Crippen LogP contribution >= 0.6 is 0 Å². The van der Waals surface area contributed by atoms with Gasteiger partial charge in [0.2, 0.25) is 5.91 Å². The maximum absolute atomic E-state index is 13.2. The maximum atomic E-state index is 13.2. The topological polar surface area (TPSA) is 88.1 Å². The van der Waals surface area contributed by atoms with Gasteiger partial charge in [0.05, 0.1) is 19.3 Å². The quantitative estimate of drug-likeness (QED) is 0.251. The molecule has 0 saturated carbocycles. The summed E-state index contributed by atoms with van der Waals surface area (Å²) in [5.41, 5.74) is 5.33. The van der Waals surface area contributed by atoms with E-state index in [4.69, 9.17) is 9.47 Å². The molecule has 0 aliphatic rings. The highest BCUT2D eigenvalue weighted by molar-refractivity contribution is 5.80. The van der Waals surface area contributed by atoms with E-state index in [1.165, 1.54) is 5.01 Å². The van der Waals surface area contributed by atoms with E-state index in [1.807, 2.05) is 84.9 Å². The van der Waals surface area contributed by atoms with Crippen LogP contribution in [0, 0.1) is 0 Å². The lowest BCUT2D eigenvalue weighted by atomic mass is 10.0. The second-order valence-corrected chi connectivity index (χ2v) is 8.81. The smallest absolute Gasteiger partial charge is 0.426 e. The van der Waals surface area contributed by atoms with E-state index in [9.17, 15) is 14.7 Å². The zero-order valence-electron chi connectivity index (χ0n) is 21.3. The number of aliphatic hydroxyl groups is 1. The molecule has 3 aromatic rings. The molecule has 0 fully saturated rings. The van der Waals surface area contributed by atoms with Crippen molar-refractivity contribution in [2.45, 2.75) is 51.7 Å². The predicted molar refractivity (Wildman–Crippen MR) is 143 cm³/mol. The second-order valence-electron chi connectivity index (χ2n) is 8.81. The molecule has 37 heavy (non-hydrogen) atoms. The number of unbranched alkanes of at least 4 members (excludes halogenated alkanes) is 1. The largest absolute Gasteiger partial charge is 0.494 e. The van der Waals surface area contributed by atoms with Gasteiger partial charge in [-0.05, 0) is 48.1 Å². The fourth-order valence-corrected chi connectivity index (χ4v) is 3.79. The highest BCUT2D eigenvalue weighted by Gasteiger charge is 2.26. The lowest BCUT2D eigenvalue weighted by molar-refractivity contribution is -0.138. The third kappa shape index (κ3) is 9.61. The average molecular weight is 505 g/mol. The minimum Gasteiger partial charge on any atom is -0.494 e. The first-order chi connectivity index (χ1) is 18.1. The van der Waals surface area contributed by atoms with Crippen LogP contribution in [0.4, 0.5) is 4.79 Å². The number of aryl methyl sites for hydroxylation is 1. The van der Waals surface area contributed by atoms with Crippen molar-refractivity contribution in [1.29, 1.82) is 0 Å². The summed E-state index contributed by atoms with van der Waals surface area (Å²) in [4.78, 5) is 25.9. The zero-order valence-corrected chi connectivity index (χ0v) is 21.3. The molecule has 0 unspecified atom stereocenters. The summed E-state index contributed by atoms with van der Waals surface area (Å²) in [6, 6.07) is 25.9. The van der Waals surface area contributed by atoms with Crippen LogP contribution in [0.15, 0.2) is 84.9 Å². The molecule has 0 spiro atoms. The molecule has 0 bridgehead atoms. The van der Waals surface area contributed by atoms with Gasteiger partial charge in [0.15, 0.2) is 0 Å². The van der Waals surface area contributed by atoms with Gasteiger partial charge in [0, 0.05) is 6.42 Å². The van der Waals surface area contributed by atoms with E-state index in [2.05, 4.69) is 12.3 Å². The van der Waals surface area contributed by atoms with Crippen molar-refractivity contribution >= 4 is 12.0 Å². The first-order valence-corrected chi connectivity index (χ1v) is 12.7. The van der Waals surface area contributed by atoms with E-state index in [1.54, 1.807) is 0 Å². The third-order valence-electron chi connectivity index (χ3n) is 5.90. The molecule has 3 aromatic carbocycles. The van der Waals surface area contributed by atoms with E-state index < -0.39 is 12.1 Å². The van der Waals surface area contributed by atoms with Crippen LogP contribution in [0.5, 0.6) is 5.75 Å². The number of nitrogens with zero attached hydrogens (tertiary/aromatic N) is 1. The number of carbonyl (C=O) groups is 2. The number of hydrazine groups is 1. The van der Waals surface area contributed by atoms with Crippen molar-refractivity contribution < 1.29 is 24.2 Å². The molecular formula is C30H36N2O5. The van der Waals surface area contributed by atoms with Crippen molar-refractivity contribution in [1.82, 2.24) is 10.4 Å². The highest BCUT2D eigenvalue weighted by atomic mass is 16.6. The number of hydrogen-bond donors (Lipinski definition) is 2. The maximum Gasteiger partial charge on any atom is 0.426 e. The Hall–Kier alpha value is -3.84. The second kappa shape index (κ2) is 15.3. The fourth-order valence-electron chi connectivity index (χ4n) is 3.79. The van der Waals surface area contributed by atoms with Crippen LogP contribution in [0.1, 0.15) is 42.9 Å². The number of ether oxygens (including phenoxy) is 2. The van der Waals surface area contributed by atoms with E-state index in [0.29, 0.717) is 19.4 Å². The molecule has 0 aliphatic carbocycles. The van der Waals surface area contributed by atoms with Gasteiger partial charge >= 0.3 is 6.09 Å². The van der Waals surface area contributed by atoms with Gasteiger partial charge in [0.25, 0.3) is 0 Å². The molecule has 2 N–H and O–H groups in total. The Morgan fingerprint density at radius 1 is 0.892 bits per heavy atom. The minimum atomic E-state index is -0.755. The number of rotatable bonds is 13. The minimum absolute atomic E-state index is 0.0714. The van der Waals surface area contributed by atoms with E-state index in [-0.39, 0.29) is 25.5 Å². The molecule has 1 atom stereocenters. The van der Waals surface area contributed by atoms with Gasteiger partial charge < -0.3 is 14.6 Å². The lowest BCUT2D eigenvalue weighted by Gasteiger charge is -2.30. The molecule has 3 rings (SSSR count). The van der Waals surface area contributed by atoms with Crippen LogP contribution in [-0.2, 0) is 29.0 Å². The molecule has 196 valence electrons. The molecule has 0 aliphatic heterocycles. The van der Waals surface area contributed by atoms with E-state index in [0.717, 1.165) is 35.3 Å². The SMILES string of the molecule is CCCCOc1ccc(C[C@@H](CO)N(NC(=O)OCc2ccccc2)C(=O)CCc2ccccc2)cc1. The van der Waals surface area contributed by atoms with Crippen LogP contribution < -0.4 is 10.2 Å². The summed E-state index contributed by atoms with van der Waals surface area (Å²) in [7, 11) is 0. The molecular weight excluding hydrogens is 468 g/mol. The number of nitrogens with one attached hydrogen (secondary N) is 1. The Bertz CT molecular complexity index is 1070. The highest BCUT2D eigenvalue weighted by Crippen LogP contribution is 2.16. The van der Waals surface area contributed by atoms with Crippen molar-refractivity contribution in [3.63, 3.8) is 0 Å². The summed E-state index contributed by atoms with van der Waals surface area (Å²) < 4.78 is 11.1. The number of aliphatic hydroxyl groups excluding tert-OH is 1. The van der Waals surface area contributed by atoms with Gasteiger partial charge in [-0.25, -0.2) is 15.2 Å². The standard InChI is InChI=1S/C30H36N2O5/c1-2-3-20-36-28-17-14-25(15-18-28)21-27(22-33)32(29(34)19-16-24-10-6-4-7-11-24)31-30(35)37-23-26-12-8-5-9-13-26/h4-15,17-18,27,33H,2-3,16,19-23H2,1H3,(H,31,35)/t27-/m0/s1. The molecule has 0 heterocycles. The molecule has 0 aromatic heterocycles. The van der Waals surface area contributed by atoms with Gasteiger partial charge in [0.1, 0.15) is 12.4 Å². The molecule has 0 saturated heterocycles. The average Bonchev–Trinajstić information content (AvgIpc) is 2.94. The first kappa shape index (κ1) is 27.7. The van der Waals surface area contributed by atoms with Crippen LogP contribution in [0.2, 0.25) is 0 Å². The molecule has 2 amide bonds. The number of hydrogen-bond acceptors (Lipinski definition) is 5. The molecule has 0 radical (unpaired) electrons. The first-order valence-electron chi connectivity index (χ1n) is 12.7. The summed E-state index contributed by atoms with van der Waals surface area (Å²) in [5.74, 6) is 0.468. The summed E-state index contributed by atoms with van der Waals surface area (Å²) in [6.45, 7) is 2.51. The number of amides is 2. The van der Waals surface area contributed by atoms with Crippen molar-refractivity contribution in [3.8, 4) is 5.75 Å². The Kier molecular flexibility index (Phi) is 11.5. The Balaban J connectivity index is 1.67. The normalized spacial score (nSPS) is 11.4. The van der Waals surface area contributed by atoms with Crippen LogP contribution in [0.3, 0.4) is 0 Å². The Morgan fingerprint density at radius 3 is 2.16 bits per heavy atom. The van der Waals surface area contributed by atoms with Gasteiger partial charge in [-0.15, -0.1) is 0 Å². The lowest BCUT2D eigenvalue weighted by Crippen LogP contribution is -2.54. The third-order valence-corrected chi connectivity index (χ3v) is 5.90. The van der Waals surface area contributed by atoms with Crippen molar-refractivity contribution in [3.05, 3.63) is 102 Å².